The predicted octanol–water partition coefficient (Wildman–Crippen LogP) is 1.30. The molecule has 0 spiro atoms. The van der Waals surface area contributed by atoms with Crippen molar-refractivity contribution < 1.29 is 9.90 Å². The van der Waals surface area contributed by atoms with Crippen LogP contribution in [0.4, 0.5) is 0 Å². The Labute approximate surface area is 79.8 Å². The van der Waals surface area contributed by atoms with Gasteiger partial charge >= 0.3 is 5.97 Å². The molecule has 0 saturated carbocycles. The summed E-state index contributed by atoms with van der Waals surface area (Å²) < 4.78 is 0. The molecular formula is C7H16ClNO2Si. The molecule has 0 amide bonds. The van der Waals surface area contributed by atoms with E-state index in [2.05, 4.69) is 13.1 Å². The quantitative estimate of drug-likeness (QED) is 0.640. The topological polar surface area (TPSA) is 63.3 Å². The van der Waals surface area contributed by atoms with Crippen LogP contribution in [0, 0.1) is 0 Å². The van der Waals surface area contributed by atoms with Gasteiger partial charge in [-0.25, -0.2) is 0 Å². The molecule has 5 heteroatoms. The molecule has 1 unspecified atom stereocenters. The van der Waals surface area contributed by atoms with Crippen molar-refractivity contribution >= 4 is 26.5 Å². The molecule has 0 radical (unpaired) electrons. The SMILES string of the molecule is C[Si]1(C)CCC(N)(C(=O)O)C1.Cl. The first-order chi connectivity index (χ1) is 4.86. The Hall–Kier alpha value is -0.0631. The molecule has 3 N–H and O–H groups in total. The maximum atomic E-state index is 10.7. The second kappa shape index (κ2) is 3.36. The van der Waals surface area contributed by atoms with Crippen LogP contribution in [0.5, 0.6) is 0 Å². The molecular weight excluding hydrogens is 194 g/mol. The molecule has 1 atom stereocenters. The lowest BCUT2D eigenvalue weighted by molar-refractivity contribution is -0.142. The minimum Gasteiger partial charge on any atom is -0.480 e. The Bertz CT molecular complexity index is 198. The van der Waals surface area contributed by atoms with Crippen LogP contribution in [-0.4, -0.2) is 24.7 Å². The van der Waals surface area contributed by atoms with E-state index in [0.29, 0.717) is 6.42 Å². The summed E-state index contributed by atoms with van der Waals surface area (Å²) in [6.45, 7) is 4.40. The molecule has 1 heterocycles. The van der Waals surface area contributed by atoms with Gasteiger partial charge in [-0.1, -0.05) is 19.1 Å². The van der Waals surface area contributed by atoms with E-state index in [9.17, 15) is 4.79 Å². The highest BCUT2D eigenvalue weighted by Gasteiger charge is 2.46. The molecule has 1 aliphatic rings. The van der Waals surface area contributed by atoms with Gasteiger partial charge in [0, 0.05) is 8.07 Å². The molecule has 72 valence electrons. The summed E-state index contributed by atoms with van der Waals surface area (Å²) in [6.07, 6.45) is 0.668. The van der Waals surface area contributed by atoms with E-state index in [1.54, 1.807) is 0 Å². The van der Waals surface area contributed by atoms with Gasteiger partial charge in [-0.2, -0.15) is 0 Å². The molecule has 1 aliphatic heterocycles. The lowest BCUT2D eigenvalue weighted by Crippen LogP contribution is -2.46. The normalized spacial score (nSPS) is 32.6. The molecule has 1 rings (SSSR count). The second-order valence-electron chi connectivity index (χ2n) is 4.30. The Morgan fingerprint density at radius 3 is 2.25 bits per heavy atom. The number of nitrogens with two attached hydrogens (primary N) is 1. The van der Waals surface area contributed by atoms with Crippen LogP contribution < -0.4 is 5.73 Å². The molecule has 0 aromatic rings. The van der Waals surface area contributed by atoms with Crippen molar-refractivity contribution in [3.8, 4) is 0 Å². The Morgan fingerprint density at radius 1 is 1.58 bits per heavy atom. The molecule has 0 aliphatic carbocycles. The summed E-state index contributed by atoms with van der Waals surface area (Å²) in [7, 11) is -1.24. The third kappa shape index (κ3) is 2.21. The molecule has 3 nitrogen and oxygen atoms in total. The van der Waals surface area contributed by atoms with Gasteiger partial charge in [0.1, 0.15) is 5.54 Å². The van der Waals surface area contributed by atoms with Crippen molar-refractivity contribution in [3.63, 3.8) is 0 Å². The molecule has 12 heavy (non-hydrogen) atoms. The zero-order chi connectivity index (χ0) is 8.70. The van der Waals surface area contributed by atoms with Gasteiger partial charge in [0.2, 0.25) is 0 Å². The van der Waals surface area contributed by atoms with Gasteiger partial charge in [-0.3, -0.25) is 4.79 Å². The van der Waals surface area contributed by atoms with E-state index >= 15 is 0 Å². The first-order valence-corrected chi connectivity index (χ1v) is 7.29. The first-order valence-electron chi connectivity index (χ1n) is 3.88. The number of carboxylic acid groups (broad SMARTS) is 1. The van der Waals surface area contributed by atoms with Crippen LogP contribution in [0.25, 0.3) is 0 Å². The zero-order valence-electron chi connectivity index (χ0n) is 7.46. The van der Waals surface area contributed by atoms with Gasteiger partial charge in [0.15, 0.2) is 0 Å². The average molecular weight is 210 g/mol. The number of halogens is 1. The largest absolute Gasteiger partial charge is 0.480 e. The van der Waals surface area contributed by atoms with Gasteiger partial charge in [-0.15, -0.1) is 12.4 Å². The van der Waals surface area contributed by atoms with Gasteiger partial charge in [0.05, 0.1) is 0 Å². The number of hydrogen-bond acceptors (Lipinski definition) is 2. The van der Waals surface area contributed by atoms with Crippen molar-refractivity contribution in [2.75, 3.05) is 0 Å². The Kier molecular flexibility index (Phi) is 3.34. The van der Waals surface area contributed by atoms with Crippen LogP contribution in [0.1, 0.15) is 6.42 Å². The van der Waals surface area contributed by atoms with Crippen LogP contribution in [0.3, 0.4) is 0 Å². The third-order valence-electron chi connectivity index (χ3n) is 2.47. The maximum Gasteiger partial charge on any atom is 0.323 e. The second-order valence-corrected chi connectivity index (χ2v) is 9.48. The monoisotopic (exact) mass is 209 g/mol. The van der Waals surface area contributed by atoms with Gasteiger partial charge in [0.25, 0.3) is 0 Å². The van der Waals surface area contributed by atoms with E-state index < -0.39 is 19.6 Å². The van der Waals surface area contributed by atoms with Crippen LogP contribution in [0.15, 0.2) is 0 Å². The van der Waals surface area contributed by atoms with E-state index in [1.807, 2.05) is 0 Å². The van der Waals surface area contributed by atoms with E-state index in [1.165, 1.54) is 0 Å². The summed E-state index contributed by atoms with van der Waals surface area (Å²) >= 11 is 0. The lowest BCUT2D eigenvalue weighted by atomic mass is 10.0. The van der Waals surface area contributed by atoms with Crippen LogP contribution >= 0.6 is 12.4 Å². The Balaban J connectivity index is 0.00000121. The summed E-state index contributed by atoms with van der Waals surface area (Å²) in [5.41, 5.74) is 4.82. The molecule has 0 bridgehead atoms. The molecule has 0 aromatic heterocycles. The van der Waals surface area contributed by atoms with Crippen molar-refractivity contribution in [3.05, 3.63) is 0 Å². The number of hydrogen-bond donors (Lipinski definition) is 2. The number of carboxylic acids is 1. The predicted molar refractivity (Wildman–Crippen MR) is 53.5 cm³/mol. The van der Waals surface area contributed by atoms with Crippen molar-refractivity contribution in [1.82, 2.24) is 0 Å². The van der Waals surface area contributed by atoms with Crippen molar-refractivity contribution in [1.29, 1.82) is 0 Å². The Morgan fingerprint density at radius 2 is 2.08 bits per heavy atom. The minimum absolute atomic E-state index is 0. The summed E-state index contributed by atoms with van der Waals surface area (Å²) in [4.78, 5) is 10.7. The first kappa shape index (κ1) is 11.9. The highest BCUT2D eigenvalue weighted by molar-refractivity contribution is 6.78. The van der Waals surface area contributed by atoms with Crippen LogP contribution in [0.2, 0.25) is 25.2 Å². The number of carbonyl (C=O) groups is 1. The molecule has 1 saturated heterocycles. The standard InChI is InChI=1S/C7H15NO2Si.ClH/c1-11(2)4-3-7(8,5-11)6(9)10;/h3-5,8H2,1-2H3,(H,9,10);1H. The van der Waals surface area contributed by atoms with E-state index in [-0.39, 0.29) is 12.4 Å². The fourth-order valence-corrected chi connectivity index (χ4v) is 5.11. The highest BCUT2D eigenvalue weighted by Crippen LogP contribution is 2.36. The maximum absolute atomic E-state index is 10.7. The van der Waals surface area contributed by atoms with E-state index in [4.69, 9.17) is 10.8 Å². The summed E-state index contributed by atoms with van der Waals surface area (Å²) in [6, 6.07) is 1.78. The zero-order valence-corrected chi connectivity index (χ0v) is 9.28. The smallest absolute Gasteiger partial charge is 0.323 e. The van der Waals surface area contributed by atoms with Crippen molar-refractivity contribution in [2.45, 2.75) is 37.1 Å². The minimum atomic E-state index is -1.24. The number of aliphatic carboxylic acids is 1. The third-order valence-corrected chi connectivity index (χ3v) is 5.66. The molecule has 0 aromatic carbocycles. The fourth-order valence-electron chi connectivity index (χ4n) is 1.77. The summed E-state index contributed by atoms with van der Waals surface area (Å²) in [5, 5.41) is 8.80. The highest BCUT2D eigenvalue weighted by atomic mass is 35.5. The van der Waals surface area contributed by atoms with Crippen LogP contribution in [-0.2, 0) is 4.79 Å². The average Bonchev–Trinajstić information content (AvgIpc) is 2.08. The van der Waals surface area contributed by atoms with Gasteiger partial charge < -0.3 is 10.8 Å². The number of rotatable bonds is 1. The van der Waals surface area contributed by atoms with Crippen molar-refractivity contribution in [2.24, 2.45) is 5.73 Å². The molecule has 1 fully saturated rings. The van der Waals surface area contributed by atoms with E-state index in [0.717, 1.165) is 12.1 Å². The van der Waals surface area contributed by atoms with Gasteiger partial charge in [-0.05, 0) is 12.5 Å². The lowest BCUT2D eigenvalue weighted by Gasteiger charge is -2.20. The summed E-state index contributed by atoms with van der Waals surface area (Å²) in [5.74, 6) is -0.824. The fraction of sp³-hybridized carbons (Fsp3) is 0.857.